The molecule has 1 aliphatic rings. The van der Waals surface area contributed by atoms with Crippen molar-refractivity contribution >= 4 is 22.6 Å². The molecule has 0 spiro atoms. The van der Waals surface area contributed by atoms with Crippen molar-refractivity contribution in [1.82, 2.24) is 9.97 Å². The van der Waals surface area contributed by atoms with Gasteiger partial charge in [0.15, 0.2) is 0 Å². The molecule has 0 saturated heterocycles. The molecule has 0 amide bonds. The van der Waals surface area contributed by atoms with Gasteiger partial charge >= 0.3 is 0 Å². The van der Waals surface area contributed by atoms with E-state index in [0.717, 1.165) is 6.42 Å². The van der Waals surface area contributed by atoms with Crippen LogP contribution in [0, 0.1) is 3.57 Å². The van der Waals surface area contributed by atoms with Gasteiger partial charge in [-0.2, -0.15) is 4.98 Å². The number of hydrogen-bond donors (Lipinski definition) is 2. The van der Waals surface area contributed by atoms with Crippen LogP contribution in [0.4, 0.5) is 0 Å². The molecular weight excluding hydrogens is 331 g/mol. The Kier molecular flexibility index (Phi) is 2.43. The Morgan fingerprint density at radius 1 is 1.41 bits per heavy atom. The average molecular weight is 340 g/mol. The van der Waals surface area contributed by atoms with Crippen LogP contribution in [0.15, 0.2) is 29.1 Å². The summed E-state index contributed by atoms with van der Waals surface area (Å²) < 4.78 is 0.235. The van der Waals surface area contributed by atoms with Gasteiger partial charge in [-0.05, 0) is 40.1 Å². The predicted molar refractivity (Wildman–Crippen MR) is 71.2 cm³/mol. The average Bonchev–Trinajstić information content (AvgIpc) is 2.27. The second-order valence-corrected chi connectivity index (χ2v) is 5.12. The summed E-state index contributed by atoms with van der Waals surface area (Å²) in [6.07, 6.45) is 0.860. The lowest BCUT2D eigenvalue weighted by Crippen LogP contribution is -2.24. The van der Waals surface area contributed by atoms with Crippen molar-refractivity contribution in [2.45, 2.75) is 12.3 Å². The first-order valence-electron chi connectivity index (χ1n) is 5.23. The van der Waals surface area contributed by atoms with Crippen LogP contribution in [-0.4, -0.2) is 15.1 Å². The maximum Gasteiger partial charge on any atom is 0.268 e. The van der Waals surface area contributed by atoms with Gasteiger partial charge in [0.1, 0.15) is 9.39 Å². The van der Waals surface area contributed by atoms with Crippen molar-refractivity contribution in [3.05, 3.63) is 55.1 Å². The van der Waals surface area contributed by atoms with E-state index in [9.17, 15) is 9.90 Å². The van der Waals surface area contributed by atoms with E-state index in [1.54, 1.807) is 22.6 Å². The van der Waals surface area contributed by atoms with E-state index < -0.39 is 0 Å². The summed E-state index contributed by atoms with van der Waals surface area (Å²) in [5.74, 6) is 0.460. The van der Waals surface area contributed by atoms with Crippen LogP contribution >= 0.6 is 22.6 Å². The molecule has 3 rings (SSSR count). The summed E-state index contributed by atoms with van der Waals surface area (Å²) in [6.45, 7) is 0. The number of hydrogen-bond acceptors (Lipinski definition) is 3. The number of rotatable bonds is 1. The molecule has 4 nitrogen and oxygen atoms in total. The third-order valence-corrected chi connectivity index (χ3v) is 4.02. The van der Waals surface area contributed by atoms with Gasteiger partial charge in [0.05, 0.1) is 0 Å². The first kappa shape index (κ1) is 10.8. The molecule has 1 unspecified atom stereocenters. The highest BCUT2D eigenvalue weighted by Gasteiger charge is 2.29. The SMILES string of the molecule is O=c1[nH]c(C2Cc3ccccc32)nc(O)c1I. The van der Waals surface area contributed by atoms with Crippen LogP contribution in [0.3, 0.4) is 0 Å². The summed E-state index contributed by atoms with van der Waals surface area (Å²) in [5.41, 5.74) is 2.17. The van der Waals surface area contributed by atoms with Crippen molar-refractivity contribution in [3.63, 3.8) is 0 Å². The van der Waals surface area contributed by atoms with Gasteiger partial charge in [0.25, 0.3) is 5.56 Å². The van der Waals surface area contributed by atoms with Crippen LogP contribution in [0.25, 0.3) is 0 Å². The molecule has 1 aliphatic carbocycles. The van der Waals surface area contributed by atoms with Crippen molar-refractivity contribution < 1.29 is 5.11 Å². The van der Waals surface area contributed by atoms with Gasteiger partial charge < -0.3 is 10.1 Å². The Bertz CT molecular complexity index is 651. The second-order valence-electron chi connectivity index (χ2n) is 4.04. The molecule has 1 aromatic carbocycles. The summed E-state index contributed by atoms with van der Waals surface area (Å²) in [7, 11) is 0. The van der Waals surface area contributed by atoms with Crippen molar-refractivity contribution in [2.75, 3.05) is 0 Å². The number of nitrogens with one attached hydrogen (secondary N) is 1. The molecule has 17 heavy (non-hydrogen) atoms. The monoisotopic (exact) mass is 340 g/mol. The van der Waals surface area contributed by atoms with Crippen LogP contribution in [0.5, 0.6) is 5.88 Å². The van der Waals surface area contributed by atoms with E-state index >= 15 is 0 Å². The fourth-order valence-electron chi connectivity index (χ4n) is 2.13. The molecule has 1 heterocycles. The van der Waals surface area contributed by atoms with Crippen LogP contribution in [0.1, 0.15) is 22.9 Å². The molecular formula is C12H9IN2O2. The first-order chi connectivity index (χ1) is 8.16. The molecule has 2 N–H and O–H groups in total. The summed E-state index contributed by atoms with van der Waals surface area (Å²) in [5, 5.41) is 9.56. The van der Waals surface area contributed by atoms with E-state index in [-0.39, 0.29) is 20.9 Å². The molecule has 0 radical (unpaired) electrons. The maximum absolute atomic E-state index is 11.6. The Hall–Kier alpha value is -1.37. The number of benzene rings is 1. The number of aromatic amines is 1. The maximum atomic E-state index is 11.6. The highest BCUT2D eigenvalue weighted by molar-refractivity contribution is 14.1. The second kappa shape index (κ2) is 3.83. The van der Waals surface area contributed by atoms with Crippen molar-refractivity contribution in [1.29, 1.82) is 0 Å². The smallest absolute Gasteiger partial charge is 0.268 e. The number of fused-ring (bicyclic) bond motifs is 1. The molecule has 1 atom stereocenters. The Morgan fingerprint density at radius 3 is 2.88 bits per heavy atom. The summed E-state index contributed by atoms with van der Waals surface area (Å²) in [6, 6.07) is 8.06. The van der Waals surface area contributed by atoms with Gasteiger partial charge in [-0.25, -0.2) is 0 Å². The zero-order valence-corrected chi connectivity index (χ0v) is 10.9. The molecule has 5 heteroatoms. The zero-order valence-electron chi connectivity index (χ0n) is 8.77. The fourth-order valence-corrected chi connectivity index (χ4v) is 2.39. The highest BCUT2D eigenvalue weighted by atomic mass is 127. The van der Waals surface area contributed by atoms with E-state index in [0.29, 0.717) is 5.82 Å². The quantitative estimate of drug-likeness (QED) is 0.778. The van der Waals surface area contributed by atoms with E-state index in [2.05, 4.69) is 16.0 Å². The predicted octanol–water partition coefficient (Wildman–Crippen LogP) is 1.77. The fraction of sp³-hybridized carbons (Fsp3) is 0.167. The number of halogens is 1. The zero-order chi connectivity index (χ0) is 12.0. The standard InChI is InChI=1S/C12H9IN2O2/c13-9-11(16)14-10(15-12(9)17)8-5-6-3-1-2-4-7(6)8/h1-4,8H,5H2,(H2,14,15,16,17). The lowest BCUT2D eigenvalue weighted by Gasteiger charge is -2.29. The lowest BCUT2D eigenvalue weighted by atomic mass is 9.77. The third kappa shape index (κ3) is 1.65. The van der Waals surface area contributed by atoms with Crippen LogP contribution < -0.4 is 5.56 Å². The molecule has 2 aromatic rings. The molecule has 0 fully saturated rings. The molecule has 0 aliphatic heterocycles. The normalized spacial score (nSPS) is 17.4. The molecule has 0 bridgehead atoms. The lowest BCUT2D eigenvalue weighted by molar-refractivity contribution is 0.439. The minimum absolute atomic E-state index is 0.0989. The molecule has 0 saturated carbocycles. The van der Waals surface area contributed by atoms with Gasteiger partial charge in [0.2, 0.25) is 5.88 Å². The summed E-state index contributed by atoms with van der Waals surface area (Å²) in [4.78, 5) is 18.3. The Balaban J connectivity index is 2.07. The number of nitrogens with zero attached hydrogens (tertiary/aromatic N) is 1. The van der Waals surface area contributed by atoms with Gasteiger partial charge in [-0.15, -0.1) is 0 Å². The summed E-state index contributed by atoms with van der Waals surface area (Å²) >= 11 is 1.78. The Labute approximate surface area is 111 Å². The third-order valence-electron chi connectivity index (χ3n) is 3.05. The van der Waals surface area contributed by atoms with Crippen molar-refractivity contribution in [3.8, 4) is 5.88 Å². The number of H-pyrrole nitrogens is 1. The van der Waals surface area contributed by atoms with Gasteiger partial charge in [-0.1, -0.05) is 24.3 Å². The van der Waals surface area contributed by atoms with Gasteiger partial charge in [-0.3, -0.25) is 4.79 Å². The minimum atomic E-state index is -0.280. The molecule has 86 valence electrons. The molecule has 1 aromatic heterocycles. The number of aromatic nitrogens is 2. The van der Waals surface area contributed by atoms with E-state index in [1.165, 1.54) is 11.1 Å². The Morgan fingerprint density at radius 2 is 2.18 bits per heavy atom. The topological polar surface area (TPSA) is 66.0 Å². The van der Waals surface area contributed by atoms with Crippen LogP contribution in [-0.2, 0) is 6.42 Å². The minimum Gasteiger partial charge on any atom is -0.492 e. The largest absolute Gasteiger partial charge is 0.492 e. The number of aromatic hydroxyl groups is 1. The van der Waals surface area contributed by atoms with E-state index in [4.69, 9.17) is 0 Å². The van der Waals surface area contributed by atoms with Crippen LogP contribution in [0.2, 0.25) is 0 Å². The van der Waals surface area contributed by atoms with Crippen molar-refractivity contribution in [2.24, 2.45) is 0 Å². The van der Waals surface area contributed by atoms with E-state index in [1.807, 2.05) is 18.2 Å². The first-order valence-corrected chi connectivity index (χ1v) is 6.31. The van der Waals surface area contributed by atoms with Gasteiger partial charge in [0, 0.05) is 5.92 Å². The highest BCUT2D eigenvalue weighted by Crippen LogP contribution is 2.38.